The molecule has 26 heavy (non-hydrogen) atoms. The Morgan fingerprint density at radius 3 is 2.31 bits per heavy atom. The standard InChI is InChI=1S/C21H24N2O3/c1-15(2)14-22-19(24)21(12-13-21)20(25)23-17-10-6-7-11-18(17)26-16-8-4-3-5-9-16/h3-11,15H,12-14H2,1-2H3,(H,22,24)(H,23,25). The van der Waals surface area contributed by atoms with Crippen LogP contribution in [0, 0.1) is 11.3 Å². The predicted octanol–water partition coefficient (Wildman–Crippen LogP) is 3.97. The van der Waals surface area contributed by atoms with Gasteiger partial charge in [-0.2, -0.15) is 0 Å². The van der Waals surface area contributed by atoms with Crippen LogP contribution in [-0.4, -0.2) is 18.4 Å². The summed E-state index contributed by atoms with van der Waals surface area (Å²) in [6.07, 6.45) is 1.15. The number of amides is 2. The van der Waals surface area contributed by atoms with Crippen LogP contribution in [-0.2, 0) is 9.59 Å². The van der Waals surface area contributed by atoms with Crippen LogP contribution in [0.5, 0.6) is 11.5 Å². The minimum atomic E-state index is -0.950. The van der Waals surface area contributed by atoms with Gasteiger partial charge in [-0.3, -0.25) is 9.59 Å². The van der Waals surface area contributed by atoms with Gasteiger partial charge in [0.1, 0.15) is 11.2 Å². The van der Waals surface area contributed by atoms with E-state index in [-0.39, 0.29) is 11.8 Å². The van der Waals surface area contributed by atoms with E-state index in [0.29, 0.717) is 42.5 Å². The van der Waals surface area contributed by atoms with Crippen LogP contribution >= 0.6 is 0 Å². The Bertz CT molecular complexity index is 783. The van der Waals surface area contributed by atoms with Gasteiger partial charge < -0.3 is 15.4 Å². The third-order valence-electron chi connectivity index (χ3n) is 4.40. The van der Waals surface area contributed by atoms with E-state index in [4.69, 9.17) is 4.74 Å². The highest BCUT2D eigenvalue weighted by Crippen LogP contribution is 2.47. The molecule has 5 heteroatoms. The van der Waals surface area contributed by atoms with E-state index in [1.54, 1.807) is 12.1 Å². The largest absolute Gasteiger partial charge is 0.455 e. The summed E-state index contributed by atoms with van der Waals surface area (Å²) < 4.78 is 5.87. The van der Waals surface area contributed by atoms with Crippen molar-refractivity contribution in [3.8, 4) is 11.5 Å². The van der Waals surface area contributed by atoms with E-state index in [1.807, 2.05) is 56.3 Å². The molecular formula is C21H24N2O3. The summed E-state index contributed by atoms with van der Waals surface area (Å²) in [5.74, 6) is 1.11. The molecule has 136 valence electrons. The van der Waals surface area contributed by atoms with Crippen molar-refractivity contribution >= 4 is 17.5 Å². The summed E-state index contributed by atoms with van der Waals surface area (Å²) >= 11 is 0. The molecule has 3 rings (SSSR count). The molecule has 0 aliphatic heterocycles. The van der Waals surface area contributed by atoms with Crippen LogP contribution in [0.3, 0.4) is 0 Å². The van der Waals surface area contributed by atoms with Crippen molar-refractivity contribution in [1.82, 2.24) is 5.32 Å². The highest BCUT2D eigenvalue weighted by atomic mass is 16.5. The van der Waals surface area contributed by atoms with Gasteiger partial charge in [0.15, 0.2) is 5.75 Å². The maximum absolute atomic E-state index is 12.8. The van der Waals surface area contributed by atoms with Crippen LogP contribution in [0.2, 0.25) is 0 Å². The highest BCUT2D eigenvalue weighted by Gasteiger charge is 2.56. The Kier molecular flexibility index (Phi) is 5.26. The zero-order chi connectivity index (χ0) is 18.6. The molecule has 0 atom stereocenters. The molecule has 0 unspecified atom stereocenters. The number of para-hydroxylation sites is 3. The first-order valence-electron chi connectivity index (χ1n) is 8.93. The van der Waals surface area contributed by atoms with Gasteiger partial charge in [-0.05, 0) is 43.0 Å². The van der Waals surface area contributed by atoms with Crippen molar-refractivity contribution in [3.05, 3.63) is 54.6 Å². The number of benzene rings is 2. The number of ether oxygens (including phenoxy) is 1. The van der Waals surface area contributed by atoms with Crippen LogP contribution in [0.15, 0.2) is 54.6 Å². The summed E-state index contributed by atoms with van der Waals surface area (Å²) in [5, 5.41) is 5.75. The Morgan fingerprint density at radius 1 is 1.00 bits per heavy atom. The monoisotopic (exact) mass is 352 g/mol. The van der Waals surface area contributed by atoms with Crippen molar-refractivity contribution < 1.29 is 14.3 Å². The zero-order valence-electron chi connectivity index (χ0n) is 15.1. The van der Waals surface area contributed by atoms with Crippen molar-refractivity contribution in [1.29, 1.82) is 0 Å². The lowest BCUT2D eigenvalue weighted by molar-refractivity contribution is -0.134. The topological polar surface area (TPSA) is 67.4 Å². The van der Waals surface area contributed by atoms with Crippen LogP contribution < -0.4 is 15.4 Å². The molecule has 2 aromatic rings. The number of anilines is 1. The van der Waals surface area contributed by atoms with Gasteiger partial charge in [-0.25, -0.2) is 0 Å². The molecule has 2 aromatic carbocycles. The van der Waals surface area contributed by atoms with Gasteiger partial charge in [0, 0.05) is 6.54 Å². The molecule has 2 amide bonds. The number of hydrogen-bond acceptors (Lipinski definition) is 3. The highest BCUT2D eigenvalue weighted by molar-refractivity contribution is 6.13. The Balaban J connectivity index is 1.71. The first kappa shape index (κ1) is 18.0. The average molecular weight is 352 g/mol. The summed E-state index contributed by atoms with van der Waals surface area (Å²) in [5.41, 5.74) is -0.390. The minimum absolute atomic E-state index is 0.190. The molecule has 5 nitrogen and oxygen atoms in total. The second kappa shape index (κ2) is 7.60. The smallest absolute Gasteiger partial charge is 0.240 e. The van der Waals surface area contributed by atoms with Gasteiger partial charge in [0.2, 0.25) is 11.8 Å². The van der Waals surface area contributed by atoms with E-state index < -0.39 is 5.41 Å². The van der Waals surface area contributed by atoms with Crippen LogP contribution in [0.1, 0.15) is 26.7 Å². The van der Waals surface area contributed by atoms with E-state index in [9.17, 15) is 9.59 Å². The summed E-state index contributed by atoms with van der Waals surface area (Å²) in [7, 11) is 0. The number of carbonyl (C=O) groups is 2. The molecule has 0 spiro atoms. The SMILES string of the molecule is CC(C)CNC(=O)C1(C(=O)Nc2ccccc2Oc2ccccc2)CC1. The third-order valence-corrected chi connectivity index (χ3v) is 4.40. The number of carbonyl (C=O) groups excluding carboxylic acids is 2. The van der Waals surface area contributed by atoms with Gasteiger partial charge in [0.05, 0.1) is 5.69 Å². The van der Waals surface area contributed by atoms with Gasteiger partial charge >= 0.3 is 0 Å². The van der Waals surface area contributed by atoms with Crippen molar-refractivity contribution in [2.45, 2.75) is 26.7 Å². The molecule has 1 fully saturated rings. The Morgan fingerprint density at radius 2 is 1.65 bits per heavy atom. The summed E-state index contributed by atoms with van der Waals surface area (Å²) in [6, 6.07) is 16.6. The molecule has 0 radical (unpaired) electrons. The fourth-order valence-electron chi connectivity index (χ4n) is 2.66. The first-order valence-corrected chi connectivity index (χ1v) is 8.93. The Labute approximate surface area is 153 Å². The maximum atomic E-state index is 12.8. The van der Waals surface area contributed by atoms with E-state index in [1.165, 1.54) is 0 Å². The quantitative estimate of drug-likeness (QED) is 0.741. The van der Waals surface area contributed by atoms with Crippen LogP contribution in [0.25, 0.3) is 0 Å². The molecule has 0 aromatic heterocycles. The predicted molar refractivity (Wildman–Crippen MR) is 101 cm³/mol. The lowest BCUT2D eigenvalue weighted by Crippen LogP contribution is -2.41. The van der Waals surface area contributed by atoms with Crippen molar-refractivity contribution in [3.63, 3.8) is 0 Å². The van der Waals surface area contributed by atoms with E-state index in [2.05, 4.69) is 10.6 Å². The Hall–Kier alpha value is -2.82. The summed E-state index contributed by atoms with van der Waals surface area (Å²) in [6.45, 7) is 4.62. The lowest BCUT2D eigenvalue weighted by atomic mass is 10.0. The molecule has 1 saturated carbocycles. The first-order chi connectivity index (χ1) is 12.5. The second-order valence-electron chi connectivity index (χ2n) is 7.05. The minimum Gasteiger partial charge on any atom is -0.455 e. The number of hydrogen-bond donors (Lipinski definition) is 2. The molecule has 0 bridgehead atoms. The fraction of sp³-hybridized carbons (Fsp3) is 0.333. The molecule has 2 N–H and O–H groups in total. The van der Waals surface area contributed by atoms with E-state index >= 15 is 0 Å². The number of nitrogens with one attached hydrogen (secondary N) is 2. The number of rotatable bonds is 7. The maximum Gasteiger partial charge on any atom is 0.240 e. The molecule has 0 heterocycles. The zero-order valence-corrected chi connectivity index (χ0v) is 15.1. The van der Waals surface area contributed by atoms with Crippen molar-refractivity contribution in [2.24, 2.45) is 11.3 Å². The fourth-order valence-corrected chi connectivity index (χ4v) is 2.66. The molecule has 1 aliphatic carbocycles. The average Bonchev–Trinajstić information content (AvgIpc) is 3.44. The third kappa shape index (κ3) is 4.04. The van der Waals surface area contributed by atoms with Gasteiger partial charge in [-0.1, -0.05) is 44.2 Å². The van der Waals surface area contributed by atoms with Gasteiger partial charge in [0.25, 0.3) is 0 Å². The normalized spacial score (nSPS) is 14.6. The van der Waals surface area contributed by atoms with E-state index in [0.717, 1.165) is 0 Å². The second-order valence-corrected chi connectivity index (χ2v) is 7.05. The van der Waals surface area contributed by atoms with Crippen LogP contribution in [0.4, 0.5) is 5.69 Å². The van der Waals surface area contributed by atoms with Gasteiger partial charge in [-0.15, -0.1) is 0 Å². The molecule has 1 aliphatic rings. The van der Waals surface area contributed by atoms with Crippen molar-refractivity contribution in [2.75, 3.05) is 11.9 Å². The molecule has 0 saturated heterocycles. The molecular weight excluding hydrogens is 328 g/mol. The lowest BCUT2D eigenvalue weighted by Gasteiger charge is -2.18. The summed E-state index contributed by atoms with van der Waals surface area (Å²) in [4.78, 5) is 25.2.